The fraction of sp³-hybridized carbons (Fsp3) is 1.00. The van der Waals surface area contributed by atoms with E-state index < -0.39 is 0 Å². The summed E-state index contributed by atoms with van der Waals surface area (Å²) in [6.45, 7) is 10.0. The van der Waals surface area contributed by atoms with Gasteiger partial charge in [-0.3, -0.25) is 4.90 Å². The van der Waals surface area contributed by atoms with E-state index in [4.69, 9.17) is 4.74 Å². The number of nitrogens with one attached hydrogen (secondary N) is 1. The van der Waals surface area contributed by atoms with Gasteiger partial charge in [0.15, 0.2) is 0 Å². The third-order valence-corrected chi connectivity index (χ3v) is 4.02. The maximum absolute atomic E-state index is 5.55. The molecule has 2 saturated heterocycles. The van der Waals surface area contributed by atoms with Crippen LogP contribution in [0.3, 0.4) is 0 Å². The van der Waals surface area contributed by atoms with E-state index in [0.717, 1.165) is 25.8 Å². The summed E-state index contributed by atoms with van der Waals surface area (Å²) in [4.78, 5) is 2.63. The van der Waals surface area contributed by atoms with Gasteiger partial charge in [-0.15, -0.1) is 0 Å². The molecule has 2 atom stereocenters. The average molecular weight is 212 g/mol. The molecule has 0 aromatic carbocycles. The van der Waals surface area contributed by atoms with Crippen LogP contribution in [0.25, 0.3) is 0 Å². The molecule has 15 heavy (non-hydrogen) atoms. The van der Waals surface area contributed by atoms with Crippen LogP contribution in [0.4, 0.5) is 0 Å². The summed E-state index contributed by atoms with van der Waals surface area (Å²) in [5.41, 5.74) is 0.310. The van der Waals surface area contributed by atoms with Crippen LogP contribution in [0.5, 0.6) is 0 Å². The molecule has 2 rings (SSSR count). The van der Waals surface area contributed by atoms with Crippen LogP contribution in [0.1, 0.15) is 33.1 Å². The second kappa shape index (κ2) is 4.81. The minimum absolute atomic E-state index is 0.310. The third-order valence-electron chi connectivity index (χ3n) is 4.02. The topological polar surface area (TPSA) is 24.5 Å². The van der Waals surface area contributed by atoms with E-state index in [1.807, 2.05) is 0 Å². The van der Waals surface area contributed by atoms with E-state index in [0.29, 0.717) is 5.54 Å². The van der Waals surface area contributed by atoms with E-state index in [9.17, 15) is 0 Å². The highest BCUT2D eigenvalue weighted by atomic mass is 16.5. The minimum Gasteiger partial charge on any atom is -0.379 e. The molecule has 1 N–H and O–H groups in total. The van der Waals surface area contributed by atoms with Gasteiger partial charge < -0.3 is 10.1 Å². The molecular weight excluding hydrogens is 188 g/mol. The van der Waals surface area contributed by atoms with E-state index in [2.05, 4.69) is 24.1 Å². The maximum Gasteiger partial charge on any atom is 0.0648 e. The van der Waals surface area contributed by atoms with Gasteiger partial charge in [-0.25, -0.2) is 0 Å². The highest BCUT2D eigenvalue weighted by Crippen LogP contribution is 2.26. The minimum atomic E-state index is 0.310. The van der Waals surface area contributed by atoms with Gasteiger partial charge in [-0.05, 0) is 26.2 Å². The highest BCUT2D eigenvalue weighted by Gasteiger charge is 2.36. The Balaban J connectivity index is 1.92. The zero-order chi connectivity index (χ0) is 10.7. The molecule has 0 spiro atoms. The van der Waals surface area contributed by atoms with E-state index in [-0.39, 0.29) is 0 Å². The number of rotatable bonds is 2. The van der Waals surface area contributed by atoms with E-state index in [1.165, 1.54) is 32.4 Å². The second-order valence-electron chi connectivity index (χ2n) is 5.13. The predicted molar refractivity (Wildman–Crippen MR) is 62.1 cm³/mol. The summed E-state index contributed by atoms with van der Waals surface area (Å²) in [6, 6.07) is 0.723. The molecule has 0 radical (unpaired) electrons. The summed E-state index contributed by atoms with van der Waals surface area (Å²) in [5, 5.41) is 3.62. The average Bonchev–Trinajstić information content (AvgIpc) is 2.56. The van der Waals surface area contributed by atoms with Gasteiger partial charge in [-0.1, -0.05) is 6.92 Å². The number of hydrogen-bond donors (Lipinski definition) is 1. The fourth-order valence-electron chi connectivity index (χ4n) is 2.72. The first kappa shape index (κ1) is 11.4. The van der Waals surface area contributed by atoms with Crippen molar-refractivity contribution in [3.05, 3.63) is 0 Å². The SMILES string of the molecule is CCC1CCN(C2(C)CCOC2)CCN1. The lowest BCUT2D eigenvalue weighted by atomic mass is 9.98. The van der Waals surface area contributed by atoms with Crippen molar-refractivity contribution in [3.8, 4) is 0 Å². The smallest absolute Gasteiger partial charge is 0.0648 e. The molecule has 0 aliphatic carbocycles. The molecule has 0 saturated carbocycles. The summed E-state index contributed by atoms with van der Waals surface area (Å²) in [7, 11) is 0. The summed E-state index contributed by atoms with van der Waals surface area (Å²) in [5.74, 6) is 0. The first-order valence-electron chi connectivity index (χ1n) is 6.31. The Kier molecular flexibility index (Phi) is 3.65. The zero-order valence-electron chi connectivity index (χ0n) is 10.1. The van der Waals surface area contributed by atoms with Gasteiger partial charge in [0.05, 0.1) is 6.61 Å². The van der Waals surface area contributed by atoms with Crippen LogP contribution in [0.15, 0.2) is 0 Å². The van der Waals surface area contributed by atoms with Crippen LogP contribution in [0, 0.1) is 0 Å². The molecule has 2 unspecified atom stereocenters. The summed E-state index contributed by atoms with van der Waals surface area (Å²) in [6.07, 6.45) is 3.73. The van der Waals surface area contributed by atoms with Gasteiger partial charge in [0.25, 0.3) is 0 Å². The predicted octanol–water partition coefficient (Wildman–Crippen LogP) is 1.24. The van der Waals surface area contributed by atoms with Gasteiger partial charge >= 0.3 is 0 Å². The first-order valence-corrected chi connectivity index (χ1v) is 6.31. The largest absolute Gasteiger partial charge is 0.379 e. The van der Waals surface area contributed by atoms with Crippen molar-refractivity contribution in [1.82, 2.24) is 10.2 Å². The van der Waals surface area contributed by atoms with Crippen LogP contribution >= 0.6 is 0 Å². The molecule has 0 bridgehead atoms. The standard InChI is InChI=1S/C12H24N2O/c1-3-11-4-7-14(8-6-13-11)12(2)5-9-15-10-12/h11,13H,3-10H2,1-2H3. The van der Waals surface area contributed by atoms with Crippen LogP contribution in [-0.2, 0) is 4.74 Å². The summed E-state index contributed by atoms with van der Waals surface area (Å²) >= 11 is 0. The molecule has 2 heterocycles. The Hall–Kier alpha value is -0.120. The summed E-state index contributed by atoms with van der Waals surface area (Å²) < 4.78 is 5.55. The number of nitrogens with zero attached hydrogens (tertiary/aromatic N) is 1. The zero-order valence-corrected chi connectivity index (χ0v) is 10.1. The van der Waals surface area contributed by atoms with Crippen LogP contribution < -0.4 is 5.32 Å². The second-order valence-corrected chi connectivity index (χ2v) is 5.13. The lowest BCUT2D eigenvalue weighted by Crippen LogP contribution is -2.48. The van der Waals surface area contributed by atoms with Gasteiger partial charge in [0.1, 0.15) is 0 Å². The monoisotopic (exact) mass is 212 g/mol. The molecular formula is C12H24N2O. The molecule has 2 aliphatic rings. The van der Waals surface area contributed by atoms with Crippen molar-refractivity contribution in [1.29, 1.82) is 0 Å². The Morgan fingerprint density at radius 1 is 1.47 bits per heavy atom. The Bertz CT molecular complexity index is 202. The fourth-order valence-corrected chi connectivity index (χ4v) is 2.72. The quantitative estimate of drug-likeness (QED) is 0.745. The molecule has 3 heteroatoms. The highest BCUT2D eigenvalue weighted by molar-refractivity contribution is 4.91. The molecule has 2 fully saturated rings. The maximum atomic E-state index is 5.55. The molecule has 2 aliphatic heterocycles. The van der Waals surface area contributed by atoms with Gasteiger partial charge in [0.2, 0.25) is 0 Å². The Morgan fingerprint density at radius 3 is 3.00 bits per heavy atom. The molecule has 88 valence electrons. The van der Waals surface area contributed by atoms with Crippen molar-refractivity contribution in [2.24, 2.45) is 0 Å². The molecule has 3 nitrogen and oxygen atoms in total. The van der Waals surface area contributed by atoms with Crippen LogP contribution in [-0.4, -0.2) is 49.3 Å². The van der Waals surface area contributed by atoms with Crippen LogP contribution in [0.2, 0.25) is 0 Å². The third kappa shape index (κ3) is 2.52. The lowest BCUT2D eigenvalue weighted by molar-refractivity contribution is 0.0845. The molecule has 0 amide bonds. The van der Waals surface area contributed by atoms with Crippen molar-refractivity contribution in [2.75, 3.05) is 32.8 Å². The number of hydrogen-bond acceptors (Lipinski definition) is 3. The van der Waals surface area contributed by atoms with E-state index >= 15 is 0 Å². The Morgan fingerprint density at radius 2 is 2.33 bits per heavy atom. The van der Waals surface area contributed by atoms with Crippen molar-refractivity contribution in [3.63, 3.8) is 0 Å². The lowest BCUT2D eigenvalue weighted by Gasteiger charge is -2.36. The normalized spacial score (nSPS) is 39.2. The van der Waals surface area contributed by atoms with Gasteiger partial charge in [-0.2, -0.15) is 0 Å². The van der Waals surface area contributed by atoms with Crippen molar-refractivity contribution in [2.45, 2.75) is 44.7 Å². The van der Waals surface area contributed by atoms with E-state index in [1.54, 1.807) is 0 Å². The van der Waals surface area contributed by atoms with Crippen molar-refractivity contribution >= 4 is 0 Å². The first-order chi connectivity index (χ1) is 7.24. The Labute approximate surface area is 93.2 Å². The number of ether oxygens (including phenoxy) is 1. The van der Waals surface area contributed by atoms with Gasteiger partial charge in [0, 0.05) is 37.8 Å². The molecule has 0 aromatic heterocycles. The molecule has 0 aromatic rings. The van der Waals surface area contributed by atoms with Crippen molar-refractivity contribution < 1.29 is 4.74 Å².